The van der Waals surface area contributed by atoms with Crippen molar-refractivity contribution in [2.24, 2.45) is 0 Å². The van der Waals surface area contributed by atoms with E-state index >= 15 is 0 Å². The molecule has 8 nitrogen and oxygen atoms in total. The van der Waals surface area contributed by atoms with Crippen molar-refractivity contribution in [3.8, 4) is 0 Å². The lowest BCUT2D eigenvalue weighted by molar-refractivity contribution is -0.131. The Bertz CT molecular complexity index is 605. The fourth-order valence-electron chi connectivity index (χ4n) is 3.85. The normalized spacial score (nSPS) is 25.4. The average molecular weight is 349 g/mol. The number of hydrogen-bond donors (Lipinski definition) is 1. The van der Waals surface area contributed by atoms with Gasteiger partial charge in [0.05, 0.1) is 6.61 Å². The third-order valence-corrected chi connectivity index (χ3v) is 5.59. The van der Waals surface area contributed by atoms with Gasteiger partial charge >= 0.3 is 0 Å². The van der Waals surface area contributed by atoms with Crippen LogP contribution in [0.2, 0.25) is 0 Å². The number of rotatable bonds is 4. The van der Waals surface area contributed by atoms with E-state index in [9.17, 15) is 9.59 Å². The molecular formula is C17H27N5O3. The molecular weight excluding hydrogens is 322 g/mol. The summed E-state index contributed by atoms with van der Waals surface area (Å²) in [4.78, 5) is 31.2. The largest absolute Gasteiger partial charge is 0.383 e. The highest BCUT2D eigenvalue weighted by molar-refractivity contribution is 5.92. The van der Waals surface area contributed by atoms with Gasteiger partial charge in [0, 0.05) is 58.0 Å². The Morgan fingerprint density at radius 3 is 2.92 bits per heavy atom. The first-order valence-corrected chi connectivity index (χ1v) is 8.82. The Hall–Kier alpha value is -1.93. The molecule has 2 aliphatic heterocycles. The molecule has 1 aromatic rings. The van der Waals surface area contributed by atoms with Crippen LogP contribution in [0.25, 0.3) is 0 Å². The summed E-state index contributed by atoms with van der Waals surface area (Å²) in [5, 5.41) is 6.63. The minimum absolute atomic E-state index is 0.0169. The summed E-state index contributed by atoms with van der Waals surface area (Å²) in [6.07, 6.45) is 3.75. The maximum absolute atomic E-state index is 12.7. The molecule has 2 fully saturated rings. The highest BCUT2D eigenvalue weighted by atomic mass is 16.5. The molecule has 0 aromatic carbocycles. The lowest BCUT2D eigenvalue weighted by Crippen LogP contribution is -2.62. The SMILES string of the molecule is COCCN1CCC2(CCC1=O)CN(C(=O)c1ccn[nH]1)CCN2C. The maximum Gasteiger partial charge on any atom is 0.271 e. The summed E-state index contributed by atoms with van der Waals surface area (Å²) in [6.45, 7) is 4.04. The topological polar surface area (TPSA) is 81.8 Å². The zero-order valence-electron chi connectivity index (χ0n) is 15.0. The highest BCUT2D eigenvalue weighted by Crippen LogP contribution is 2.32. The highest BCUT2D eigenvalue weighted by Gasteiger charge is 2.43. The van der Waals surface area contributed by atoms with Crippen LogP contribution in [0.5, 0.6) is 0 Å². The Morgan fingerprint density at radius 2 is 2.20 bits per heavy atom. The molecule has 0 bridgehead atoms. The molecule has 25 heavy (non-hydrogen) atoms. The number of amides is 2. The van der Waals surface area contributed by atoms with Crippen LogP contribution in [0.1, 0.15) is 29.8 Å². The number of carbonyl (C=O) groups is 2. The fourth-order valence-corrected chi connectivity index (χ4v) is 3.85. The van der Waals surface area contributed by atoms with Gasteiger partial charge in [0.15, 0.2) is 0 Å². The predicted octanol–water partition coefficient (Wildman–Crippen LogP) is 0.195. The Kier molecular flexibility index (Phi) is 5.39. The number of carbonyl (C=O) groups excluding carboxylic acids is 2. The van der Waals surface area contributed by atoms with Crippen LogP contribution in [0.3, 0.4) is 0 Å². The summed E-state index contributed by atoms with van der Waals surface area (Å²) >= 11 is 0. The van der Waals surface area contributed by atoms with Gasteiger partial charge in [0.2, 0.25) is 5.91 Å². The summed E-state index contributed by atoms with van der Waals surface area (Å²) < 4.78 is 5.12. The van der Waals surface area contributed by atoms with Crippen LogP contribution >= 0.6 is 0 Å². The van der Waals surface area contributed by atoms with E-state index in [1.165, 1.54) is 0 Å². The first-order valence-electron chi connectivity index (χ1n) is 8.82. The lowest BCUT2D eigenvalue weighted by atomic mass is 9.86. The van der Waals surface area contributed by atoms with Crippen LogP contribution in [0.4, 0.5) is 0 Å². The minimum Gasteiger partial charge on any atom is -0.383 e. The molecule has 1 spiro atoms. The first kappa shape index (κ1) is 17.9. The quantitative estimate of drug-likeness (QED) is 0.839. The number of aromatic nitrogens is 2. The minimum atomic E-state index is -0.147. The van der Waals surface area contributed by atoms with Crippen LogP contribution in [-0.4, -0.2) is 95.7 Å². The van der Waals surface area contributed by atoms with Crippen molar-refractivity contribution in [1.82, 2.24) is 24.9 Å². The molecule has 1 atom stereocenters. The van der Waals surface area contributed by atoms with Gasteiger partial charge in [-0.2, -0.15) is 5.10 Å². The molecule has 0 aliphatic carbocycles. The van der Waals surface area contributed by atoms with Crippen molar-refractivity contribution >= 4 is 11.8 Å². The molecule has 0 saturated carbocycles. The Balaban J connectivity index is 1.72. The van der Waals surface area contributed by atoms with Gasteiger partial charge in [0.25, 0.3) is 5.91 Å². The molecule has 2 amide bonds. The number of hydrogen-bond acceptors (Lipinski definition) is 5. The molecule has 3 heterocycles. The molecule has 8 heteroatoms. The Morgan fingerprint density at radius 1 is 1.36 bits per heavy atom. The van der Waals surface area contributed by atoms with E-state index < -0.39 is 0 Å². The maximum atomic E-state index is 12.7. The van der Waals surface area contributed by atoms with Crippen molar-refractivity contribution in [1.29, 1.82) is 0 Å². The Labute approximate surface area is 148 Å². The second-order valence-corrected chi connectivity index (χ2v) is 6.97. The van der Waals surface area contributed by atoms with Crippen molar-refractivity contribution < 1.29 is 14.3 Å². The van der Waals surface area contributed by atoms with Crippen molar-refractivity contribution in [3.05, 3.63) is 18.0 Å². The lowest BCUT2D eigenvalue weighted by Gasteiger charge is -2.49. The van der Waals surface area contributed by atoms with Crippen molar-refractivity contribution in [2.45, 2.75) is 24.8 Å². The molecule has 0 radical (unpaired) electrons. The second kappa shape index (κ2) is 7.53. The van der Waals surface area contributed by atoms with Crippen LogP contribution < -0.4 is 0 Å². The van der Waals surface area contributed by atoms with E-state index in [-0.39, 0.29) is 17.4 Å². The number of aromatic amines is 1. The van der Waals surface area contributed by atoms with Gasteiger partial charge in [-0.15, -0.1) is 0 Å². The summed E-state index contributed by atoms with van der Waals surface area (Å²) in [7, 11) is 3.75. The first-order chi connectivity index (χ1) is 12.1. The van der Waals surface area contributed by atoms with E-state index in [4.69, 9.17) is 4.74 Å². The third kappa shape index (κ3) is 3.69. The van der Waals surface area contributed by atoms with E-state index in [1.807, 2.05) is 9.80 Å². The van der Waals surface area contributed by atoms with E-state index in [0.29, 0.717) is 44.9 Å². The molecule has 2 aliphatic rings. The fraction of sp³-hybridized carbons (Fsp3) is 0.706. The van der Waals surface area contributed by atoms with Crippen LogP contribution in [0.15, 0.2) is 12.3 Å². The number of likely N-dealkylation sites (N-methyl/N-ethyl adjacent to an activating group) is 1. The number of methoxy groups -OCH3 is 1. The van der Waals surface area contributed by atoms with Gasteiger partial charge in [-0.1, -0.05) is 0 Å². The average Bonchev–Trinajstić information content (AvgIpc) is 3.10. The van der Waals surface area contributed by atoms with Gasteiger partial charge in [-0.3, -0.25) is 19.6 Å². The molecule has 1 N–H and O–H groups in total. The molecule has 1 unspecified atom stereocenters. The molecule has 2 saturated heterocycles. The zero-order chi connectivity index (χ0) is 17.9. The molecule has 1 aromatic heterocycles. The van der Waals surface area contributed by atoms with Gasteiger partial charge in [-0.05, 0) is 26.0 Å². The predicted molar refractivity (Wildman–Crippen MR) is 92.2 cm³/mol. The summed E-state index contributed by atoms with van der Waals surface area (Å²) in [5.74, 6) is 0.163. The number of nitrogens with zero attached hydrogens (tertiary/aromatic N) is 4. The monoisotopic (exact) mass is 349 g/mol. The summed E-state index contributed by atoms with van der Waals surface area (Å²) in [5.41, 5.74) is 0.372. The number of H-pyrrole nitrogens is 1. The van der Waals surface area contributed by atoms with Crippen molar-refractivity contribution in [3.63, 3.8) is 0 Å². The second-order valence-electron chi connectivity index (χ2n) is 6.97. The number of piperazine rings is 1. The van der Waals surface area contributed by atoms with E-state index in [1.54, 1.807) is 19.4 Å². The third-order valence-electron chi connectivity index (χ3n) is 5.59. The standard InChI is InChI=1S/C17H27N5O3/c1-20-9-10-22(16(24)14-4-7-18-19-14)13-17(20)5-3-15(23)21(8-6-17)11-12-25-2/h4,7H,3,5-6,8-13H2,1-2H3,(H,18,19). The summed E-state index contributed by atoms with van der Waals surface area (Å²) in [6, 6.07) is 1.70. The van der Waals surface area contributed by atoms with Crippen LogP contribution in [0, 0.1) is 0 Å². The number of likely N-dealkylation sites (tertiary alicyclic amines) is 1. The van der Waals surface area contributed by atoms with E-state index in [2.05, 4.69) is 22.1 Å². The molecule has 138 valence electrons. The van der Waals surface area contributed by atoms with Crippen LogP contribution in [-0.2, 0) is 9.53 Å². The van der Waals surface area contributed by atoms with Gasteiger partial charge in [-0.25, -0.2) is 0 Å². The van der Waals surface area contributed by atoms with Crippen molar-refractivity contribution in [2.75, 3.05) is 53.5 Å². The van der Waals surface area contributed by atoms with Gasteiger partial charge in [0.1, 0.15) is 5.69 Å². The molecule has 3 rings (SSSR count). The smallest absolute Gasteiger partial charge is 0.271 e. The zero-order valence-corrected chi connectivity index (χ0v) is 15.0. The number of nitrogens with one attached hydrogen (secondary N) is 1. The number of ether oxygens (including phenoxy) is 1. The van der Waals surface area contributed by atoms with E-state index in [0.717, 1.165) is 19.4 Å². The van der Waals surface area contributed by atoms with Gasteiger partial charge < -0.3 is 14.5 Å².